The number of pyridine rings is 1. The Morgan fingerprint density at radius 2 is 2.10 bits per heavy atom. The number of likely N-dealkylation sites (N-methyl/N-ethyl adjacent to an activating group) is 1. The number of benzene rings is 1. The number of rotatable bonds is 5. The number of aromatic nitrogens is 1. The van der Waals surface area contributed by atoms with Crippen LogP contribution in [0.1, 0.15) is 28.4 Å². The van der Waals surface area contributed by atoms with Gasteiger partial charge in [0.15, 0.2) is 0 Å². The second-order valence-electron chi connectivity index (χ2n) is 5.15. The summed E-state index contributed by atoms with van der Waals surface area (Å²) in [5.41, 5.74) is 4.50. The molecule has 0 aliphatic rings. The van der Waals surface area contributed by atoms with Crippen molar-refractivity contribution in [3.05, 3.63) is 57.3 Å². The highest BCUT2D eigenvalue weighted by Crippen LogP contribution is 2.27. The van der Waals surface area contributed by atoms with Crippen molar-refractivity contribution in [1.29, 1.82) is 0 Å². The minimum atomic E-state index is 0.223. The molecule has 0 fully saturated rings. The van der Waals surface area contributed by atoms with Crippen LogP contribution in [0.25, 0.3) is 0 Å². The van der Waals surface area contributed by atoms with Gasteiger partial charge in [0.2, 0.25) is 0 Å². The maximum Gasteiger partial charge on any atom is 0.128 e. The van der Waals surface area contributed by atoms with Crippen molar-refractivity contribution in [3.63, 3.8) is 0 Å². The number of aryl methyl sites for hydroxylation is 1. The average Bonchev–Trinajstić information content (AvgIpc) is 2.47. The molecule has 1 atom stereocenters. The van der Waals surface area contributed by atoms with Crippen molar-refractivity contribution < 1.29 is 4.74 Å². The zero-order valence-corrected chi connectivity index (χ0v) is 14.5. The van der Waals surface area contributed by atoms with Gasteiger partial charge in [0.05, 0.1) is 7.11 Å². The third kappa shape index (κ3) is 3.63. The number of methoxy groups -OCH3 is 1. The van der Waals surface area contributed by atoms with Gasteiger partial charge in [0.25, 0.3) is 0 Å². The number of ether oxygens (including phenoxy) is 1. The normalized spacial score (nSPS) is 12.2. The molecule has 1 heterocycles. The van der Waals surface area contributed by atoms with E-state index in [0.717, 1.165) is 33.5 Å². The van der Waals surface area contributed by atoms with Crippen LogP contribution in [0.5, 0.6) is 5.75 Å². The smallest absolute Gasteiger partial charge is 0.128 e. The molecule has 0 aliphatic heterocycles. The van der Waals surface area contributed by atoms with E-state index in [-0.39, 0.29) is 6.04 Å². The Morgan fingerprint density at radius 1 is 1.33 bits per heavy atom. The molecular formula is C17H21BrN2O. The summed E-state index contributed by atoms with van der Waals surface area (Å²) in [5.74, 6) is 0.934. The molecule has 4 heteroatoms. The minimum Gasteiger partial charge on any atom is -0.496 e. The second-order valence-corrected chi connectivity index (χ2v) is 6.06. The van der Waals surface area contributed by atoms with Crippen LogP contribution >= 0.6 is 15.9 Å². The maximum absolute atomic E-state index is 5.49. The Hall–Kier alpha value is -1.39. The minimum absolute atomic E-state index is 0.223. The highest BCUT2D eigenvalue weighted by atomic mass is 79.9. The summed E-state index contributed by atoms with van der Waals surface area (Å²) in [7, 11) is 3.69. The molecule has 0 radical (unpaired) electrons. The number of halogens is 1. The molecule has 2 rings (SSSR count). The molecule has 2 aromatic rings. The summed E-state index contributed by atoms with van der Waals surface area (Å²) in [5, 5.41) is 3.37. The van der Waals surface area contributed by atoms with Crippen molar-refractivity contribution >= 4 is 15.9 Å². The van der Waals surface area contributed by atoms with E-state index in [2.05, 4.69) is 51.4 Å². The van der Waals surface area contributed by atoms with Crippen LogP contribution < -0.4 is 10.1 Å². The summed E-state index contributed by atoms with van der Waals surface area (Å²) in [6.45, 7) is 4.09. The van der Waals surface area contributed by atoms with Crippen molar-refractivity contribution in [3.8, 4) is 5.75 Å². The zero-order chi connectivity index (χ0) is 15.4. The Morgan fingerprint density at radius 3 is 2.71 bits per heavy atom. The Balaban J connectivity index is 2.31. The standard InChI is InChI=1S/C17H21BrN2O/c1-11-10-20-15(12(2)17(11)21-4)9-16(19-3)13-6-5-7-14(18)8-13/h5-8,10,16,19H,9H2,1-4H3. The summed E-state index contributed by atoms with van der Waals surface area (Å²) in [4.78, 5) is 4.59. The van der Waals surface area contributed by atoms with Gasteiger partial charge in [-0.1, -0.05) is 28.1 Å². The molecule has 0 saturated carbocycles. The highest BCUT2D eigenvalue weighted by Gasteiger charge is 2.15. The third-order valence-corrected chi connectivity index (χ3v) is 4.24. The van der Waals surface area contributed by atoms with E-state index in [1.165, 1.54) is 5.56 Å². The van der Waals surface area contributed by atoms with Crippen molar-refractivity contribution in [2.24, 2.45) is 0 Å². The summed E-state index contributed by atoms with van der Waals surface area (Å²) in [6, 6.07) is 8.59. The van der Waals surface area contributed by atoms with Gasteiger partial charge in [-0.25, -0.2) is 0 Å². The molecular weight excluding hydrogens is 328 g/mol. The molecule has 112 valence electrons. The summed E-state index contributed by atoms with van der Waals surface area (Å²) < 4.78 is 6.58. The lowest BCUT2D eigenvalue weighted by Crippen LogP contribution is -2.20. The summed E-state index contributed by atoms with van der Waals surface area (Å²) >= 11 is 3.53. The first-order chi connectivity index (χ1) is 10.1. The van der Waals surface area contributed by atoms with Gasteiger partial charge in [0, 0.05) is 40.0 Å². The molecule has 21 heavy (non-hydrogen) atoms. The van der Waals surface area contributed by atoms with E-state index in [0.29, 0.717) is 0 Å². The average molecular weight is 349 g/mol. The Bertz CT molecular complexity index is 628. The number of nitrogens with zero attached hydrogens (tertiary/aromatic N) is 1. The van der Waals surface area contributed by atoms with Crippen molar-refractivity contribution in [2.75, 3.05) is 14.2 Å². The van der Waals surface area contributed by atoms with Crippen LogP contribution in [-0.2, 0) is 6.42 Å². The zero-order valence-electron chi connectivity index (χ0n) is 12.9. The van der Waals surface area contributed by atoms with Gasteiger partial charge < -0.3 is 10.1 Å². The molecule has 3 nitrogen and oxygen atoms in total. The van der Waals surface area contributed by atoms with Gasteiger partial charge in [-0.05, 0) is 38.6 Å². The molecule has 0 bridgehead atoms. The summed E-state index contributed by atoms with van der Waals surface area (Å²) in [6.07, 6.45) is 2.71. The highest BCUT2D eigenvalue weighted by molar-refractivity contribution is 9.10. The van der Waals surface area contributed by atoms with Crippen LogP contribution in [0.15, 0.2) is 34.9 Å². The van der Waals surface area contributed by atoms with Crippen LogP contribution in [-0.4, -0.2) is 19.1 Å². The van der Waals surface area contributed by atoms with Crippen LogP contribution in [0.3, 0.4) is 0 Å². The van der Waals surface area contributed by atoms with Gasteiger partial charge in [0.1, 0.15) is 5.75 Å². The molecule has 1 unspecified atom stereocenters. The fourth-order valence-corrected chi connectivity index (χ4v) is 3.00. The first-order valence-electron chi connectivity index (χ1n) is 6.98. The van der Waals surface area contributed by atoms with Gasteiger partial charge in [-0.15, -0.1) is 0 Å². The van der Waals surface area contributed by atoms with Gasteiger partial charge in [-0.3, -0.25) is 4.98 Å². The van der Waals surface area contributed by atoms with Gasteiger partial charge in [-0.2, -0.15) is 0 Å². The van der Waals surface area contributed by atoms with E-state index >= 15 is 0 Å². The molecule has 0 saturated heterocycles. The topological polar surface area (TPSA) is 34.2 Å². The first kappa shape index (κ1) is 16.0. The van der Waals surface area contributed by atoms with Crippen LogP contribution in [0.4, 0.5) is 0 Å². The molecule has 1 aromatic carbocycles. The van der Waals surface area contributed by atoms with E-state index < -0.39 is 0 Å². The Kier molecular flexibility index (Phi) is 5.37. The second kappa shape index (κ2) is 7.05. The molecule has 1 aromatic heterocycles. The number of nitrogens with one attached hydrogen (secondary N) is 1. The maximum atomic E-state index is 5.49. The van der Waals surface area contributed by atoms with Crippen LogP contribution in [0.2, 0.25) is 0 Å². The SMILES string of the molecule is CNC(Cc1ncc(C)c(OC)c1C)c1cccc(Br)c1. The van der Waals surface area contributed by atoms with Crippen LogP contribution in [0, 0.1) is 13.8 Å². The van der Waals surface area contributed by atoms with E-state index in [1.807, 2.05) is 26.2 Å². The monoisotopic (exact) mass is 348 g/mol. The van der Waals surface area contributed by atoms with E-state index in [9.17, 15) is 0 Å². The first-order valence-corrected chi connectivity index (χ1v) is 7.78. The quantitative estimate of drug-likeness (QED) is 0.887. The molecule has 0 spiro atoms. The number of hydrogen-bond acceptors (Lipinski definition) is 3. The fourth-order valence-electron chi connectivity index (χ4n) is 2.58. The van der Waals surface area contributed by atoms with E-state index in [1.54, 1.807) is 7.11 Å². The molecule has 0 aliphatic carbocycles. The lowest BCUT2D eigenvalue weighted by Gasteiger charge is -2.19. The fraction of sp³-hybridized carbons (Fsp3) is 0.353. The molecule has 1 N–H and O–H groups in total. The predicted molar refractivity (Wildman–Crippen MR) is 89.9 cm³/mol. The predicted octanol–water partition coefficient (Wildman–Crippen LogP) is 3.97. The number of hydrogen-bond donors (Lipinski definition) is 1. The third-order valence-electron chi connectivity index (χ3n) is 3.75. The molecule has 0 amide bonds. The lowest BCUT2D eigenvalue weighted by molar-refractivity contribution is 0.406. The lowest BCUT2D eigenvalue weighted by atomic mass is 9.99. The largest absolute Gasteiger partial charge is 0.496 e. The van der Waals surface area contributed by atoms with Crippen molar-refractivity contribution in [2.45, 2.75) is 26.3 Å². The van der Waals surface area contributed by atoms with E-state index in [4.69, 9.17) is 4.74 Å². The van der Waals surface area contributed by atoms with Crippen molar-refractivity contribution in [1.82, 2.24) is 10.3 Å². The Labute approximate surface area is 134 Å². The van der Waals surface area contributed by atoms with Gasteiger partial charge >= 0.3 is 0 Å².